The van der Waals surface area contributed by atoms with E-state index in [1.807, 2.05) is 43.3 Å². The molecule has 1 saturated carbocycles. The number of amides is 1. The van der Waals surface area contributed by atoms with Gasteiger partial charge in [-0.2, -0.15) is 0 Å². The molecule has 1 aliphatic rings. The molecule has 0 aromatic heterocycles. The van der Waals surface area contributed by atoms with Crippen LogP contribution >= 0.6 is 0 Å². The van der Waals surface area contributed by atoms with Crippen molar-refractivity contribution in [2.24, 2.45) is 5.92 Å². The van der Waals surface area contributed by atoms with Crippen LogP contribution in [0.2, 0.25) is 0 Å². The van der Waals surface area contributed by atoms with Gasteiger partial charge in [0.2, 0.25) is 0 Å². The zero-order valence-corrected chi connectivity index (χ0v) is 16.8. The summed E-state index contributed by atoms with van der Waals surface area (Å²) in [5.41, 5.74) is 4.16. The molecule has 0 bridgehead atoms. The van der Waals surface area contributed by atoms with Crippen LogP contribution in [0.1, 0.15) is 85.7 Å². The standard InChI is InChI=1S/C25H33NO/c1-3-4-5-6-20-9-11-21(12-10-20)22-13-15-23(16-14-22)25(27)26-24-17-7-19(2)8-18-24/h7-8,13-18,20-21H,3-6,9-12H2,1-2H3,(H,26,27). The number of anilines is 1. The second-order valence-corrected chi connectivity index (χ2v) is 8.16. The minimum atomic E-state index is -0.0370. The number of carbonyl (C=O) groups is 1. The van der Waals surface area contributed by atoms with E-state index in [4.69, 9.17) is 0 Å². The molecule has 0 radical (unpaired) electrons. The first-order chi connectivity index (χ1) is 13.2. The molecule has 0 atom stereocenters. The van der Waals surface area contributed by atoms with E-state index in [1.165, 1.54) is 62.5 Å². The van der Waals surface area contributed by atoms with Crippen LogP contribution in [0, 0.1) is 12.8 Å². The van der Waals surface area contributed by atoms with Gasteiger partial charge in [-0.1, -0.05) is 62.4 Å². The van der Waals surface area contributed by atoms with Crippen molar-refractivity contribution < 1.29 is 4.79 Å². The van der Waals surface area contributed by atoms with E-state index in [-0.39, 0.29) is 5.91 Å². The molecule has 0 spiro atoms. The summed E-state index contributed by atoms with van der Waals surface area (Å²) in [6.45, 7) is 4.32. The fourth-order valence-corrected chi connectivity index (χ4v) is 4.21. The summed E-state index contributed by atoms with van der Waals surface area (Å²) in [6, 6.07) is 16.2. The molecular weight excluding hydrogens is 330 g/mol. The van der Waals surface area contributed by atoms with Crippen molar-refractivity contribution in [3.8, 4) is 0 Å². The van der Waals surface area contributed by atoms with Gasteiger partial charge in [-0.05, 0) is 74.3 Å². The molecule has 3 rings (SSSR count). The molecule has 144 valence electrons. The number of hydrogen-bond acceptors (Lipinski definition) is 1. The molecule has 0 heterocycles. The van der Waals surface area contributed by atoms with Gasteiger partial charge in [0.1, 0.15) is 0 Å². The maximum atomic E-state index is 12.4. The maximum absolute atomic E-state index is 12.4. The lowest BCUT2D eigenvalue weighted by molar-refractivity contribution is 0.102. The monoisotopic (exact) mass is 363 g/mol. The van der Waals surface area contributed by atoms with Crippen LogP contribution in [-0.2, 0) is 0 Å². The lowest BCUT2D eigenvalue weighted by Gasteiger charge is -2.29. The number of aryl methyl sites for hydroxylation is 1. The summed E-state index contributed by atoms with van der Waals surface area (Å²) < 4.78 is 0. The lowest BCUT2D eigenvalue weighted by Crippen LogP contribution is -2.14. The Kier molecular flexibility index (Phi) is 7.09. The molecule has 27 heavy (non-hydrogen) atoms. The number of hydrogen-bond donors (Lipinski definition) is 1. The van der Waals surface area contributed by atoms with Crippen molar-refractivity contribution in [3.63, 3.8) is 0 Å². The molecule has 0 unspecified atom stereocenters. The maximum Gasteiger partial charge on any atom is 0.255 e. The third-order valence-corrected chi connectivity index (χ3v) is 6.02. The lowest BCUT2D eigenvalue weighted by atomic mass is 9.77. The van der Waals surface area contributed by atoms with Crippen LogP contribution in [0.5, 0.6) is 0 Å². The third-order valence-electron chi connectivity index (χ3n) is 6.02. The van der Waals surface area contributed by atoms with Crippen molar-refractivity contribution in [3.05, 3.63) is 65.2 Å². The Morgan fingerprint density at radius 2 is 1.59 bits per heavy atom. The molecule has 1 N–H and O–H groups in total. The molecule has 2 aromatic carbocycles. The summed E-state index contributed by atoms with van der Waals surface area (Å²) >= 11 is 0. The number of nitrogens with one attached hydrogen (secondary N) is 1. The number of unbranched alkanes of at least 4 members (excludes halogenated alkanes) is 2. The van der Waals surface area contributed by atoms with Gasteiger partial charge >= 0.3 is 0 Å². The van der Waals surface area contributed by atoms with Crippen molar-refractivity contribution in [2.75, 3.05) is 5.32 Å². The summed E-state index contributed by atoms with van der Waals surface area (Å²) in [5, 5.41) is 2.98. The minimum Gasteiger partial charge on any atom is -0.322 e. The zero-order chi connectivity index (χ0) is 19.1. The Morgan fingerprint density at radius 3 is 2.22 bits per heavy atom. The normalized spacial score (nSPS) is 19.6. The van der Waals surface area contributed by atoms with Gasteiger partial charge < -0.3 is 5.32 Å². The van der Waals surface area contributed by atoms with Gasteiger partial charge in [0.05, 0.1) is 0 Å². The Balaban J connectivity index is 1.51. The fourth-order valence-electron chi connectivity index (χ4n) is 4.21. The van der Waals surface area contributed by atoms with Crippen LogP contribution in [-0.4, -0.2) is 5.91 Å². The first-order valence-corrected chi connectivity index (χ1v) is 10.6. The molecule has 0 aliphatic heterocycles. The second-order valence-electron chi connectivity index (χ2n) is 8.16. The summed E-state index contributed by atoms with van der Waals surface area (Å²) in [5.74, 6) is 1.57. The van der Waals surface area contributed by atoms with Gasteiger partial charge in [-0.25, -0.2) is 0 Å². The Morgan fingerprint density at radius 1 is 0.926 bits per heavy atom. The van der Waals surface area contributed by atoms with Crippen molar-refractivity contribution in [1.29, 1.82) is 0 Å². The average molecular weight is 364 g/mol. The summed E-state index contributed by atoms with van der Waals surface area (Å²) in [7, 11) is 0. The highest BCUT2D eigenvalue weighted by molar-refractivity contribution is 6.04. The smallest absolute Gasteiger partial charge is 0.255 e. The molecule has 2 aromatic rings. The van der Waals surface area contributed by atoms with Crippen LogP contribution in [0.3, 0.4) is 0 Å². The largest absolute Gasteiger partial charge is 0.322 e. The van der Waals surface area contributed by atoms with Crippen LogP contribution in [0.25, 0.3) is 0 Å². The first kappa shape index (κ1) is 19.7. The molecule has 0 saturated heterocycles. The molecule has 2 nitrogen and oxygen atoms in total. The van der Waals surface area contributed by atoms with E-state index >= 15 is 0 Å². The fraction of sp³-hybridized carbons (Fsp3) is 0.480. The van der Waals surface area contributed by atoms with Crippen LogP contribution in [0.15, 0.2) is 48.5 Å². The van der Waals surface area contributed by atoms with Crippen molar-refractivity contribution >= 4 is 11.6 Å². The van der Waals surface area contributed by atoms with E-state index < -0.39 is 0 Å². The van der Waals surface area contributed by atoms with Crippen molar-refractivity contribution in [1.82, 2.24) is 0 Å². The van der Waals surface area contributed by atoms with E-state index in [0.29, 0.717) is 5.92 Å². The van der Waals surface area contributed by atoms with Gasteiger partial charge in [0.25, 0.3) is 5.91 Å². The molecular formula is C25H33NO. The van der Waals surface area contributed by atoms with Crippen LogP contribution < -0.4 is 5.32 Å². The number of rotatable bonds is 7. The van der Waals surface area contributed by atoms with Crippen molar-refractivity contribution in [2.45, 2.75) is 71.1 Å². The summed E-state index contributed by atoms with van der Waals surface area (Å²) in [6.07, 6.45) is 10.8. The third kappa shape index (κ3) is 5.69. The predicted molar refractivity (Wildman–Crippen MR) is 114 cm³/mol. The highest BCUT2D eigenvalue weighted by atomic mass is 16.1. The van der Waals surface area contributed by atoms with E-state index in [1.54, 1.807) is 0 Å². The Hall–Kier alpha value is -2.09. The first-order valence-electron chi connectivity index (χ1n) is 10.6. The van der Waals surface area contributed by atoms with Gasteiger partial charge in [-0.15, -0.1) is 0 Å². The predicted octanol–water partition coefficient (Wildman–Crippen LogP) is 7.10. The molecule has 2 heteroatoms. The SMILES string of the molecule is CCCCCC1CCC(c2ccc(C(=O)Nc3ccc(C)cc3)cc2)CC1. The molecule has 1 aliphatic carbocycles. The van der Waals surface area contributed by atoms with E-state index in [9.17, 15) is 4.79 Å². The van der Waals surface area contributed by atoms with Gasteiger partial charge in [-0.3, -0.25) is 4.79 Å². The zero-order valence-electron chi connectivity index (χ0n) is 16.8. The summed E-state index contributed by atoms with van der Waals surface area (Å²) in [4.78, 5) is 12.4. The topological polar surface area (TPSA) is 29.1 Å². The second kappa shape index (κ2) is 9.73. The van der Waals surface area contributed by atoms with E-state index in [0.717, 1.165) is 17.2 Å². The average Bonchev–Trinajstić information content (AvgIpc) is 2.70. The number of carbonyl (C=O) groups excluding carboxylic acids is 1. The van der Waals surface area contributed by atoms with Gasteiger partial charge in [0.15, 0.2) is 0 Å². The highest BCUT2D eigenvalue weighted by Gasteiger charge is 2.22. The Bertz CT molecular complexity index is 709. The minimum absolute atomic E-state index is 0.0370. The van der Waals surface area contributed by atoms with Gasteiger partial charge in [0, 0.05) is 11.3 Å². The highest BCUT2D eigenvalue weighted by Crippen LogP contribution is 2.37. The van der Waals surface area contributed by atoms with Crippen LogP contribution in [0.4, 0.5) is 5.69 Å². The molecule has 1 fully saturated rings. The number of benzene rings is 2. The Labute approximate surface area is 164 Å². The molecule has 1 amide bonds. The quantitative estimate of drug-likeness (QED) is 0.522. The van der Waals surface area contributed by atoms with E-state index in [2.05, 4.69) is 24.4 Å².